The van der Waals surface area contributed by atoms with Crippen LogP contribution in [-0.2, 0) is 10.8 Å². The number of nitrogen functional groups attached to an aromatic ring is 1. The van der Waals surface area contributed by atoms with Crippen molar-refractivity contribution < 1.29 is 18.5 Å². The zero-order valence-corrected chi connectivity index (χ0v) is 11.7. The highest BCUT2D eigenvalue weighted by molar-refractivity contribution is 7.85. The third kappa shape index (κ3) is 2.58. The quantitative estimate of drug-likeness (QED) is 0.782. The van der Waals surface area contributed by atoms with E-state index in [0.29, 0.717) is 34.3 Å². The Kier molecular flexibility index (Phi) is 3.52. The Bertz CT molecular complexity index is 566. The number of rotatable bonds is 2. The van der Waals surface area contributed by atoms with E-state index in [9.17, 15) is 9.00 Å². The summed E-state index contributed by atoms with van der Waals surface area (Å²) in [7, 11) is -0.737. The second-order valence-electron chi connectivity index (χ2n) is 4.89. The fourth-order valence-electron chi connectivity index (χ4n) is 2.36. The fourth-order valence-corrected chi connectivity index (χ4v) is 3.65. The molecule has 3 rings (SSSR count). The average Bonchev–Trinajstić information content (AvgIpc) is 2.87. The summed E-state index contributed by atoms with van der Waals surface area (Å²) in [6.45, 7) is 0.147. The number of nitrogens with two attached hydrogens (primary N) is 1. The minimum atomic E-state index is -0.737. The van der Waals surface area contributed by atoms with Crippen LogP contribution in [0, 0.1) is 0 Å². The standard InChI is InChI=1S/C13H16N2O4S/c14-10-6-12-11(18-7-19-12)5-9(10)13(16)15-8-1-3-20(17)4-2-8/h5-6,8H,1-4,7,14H2,(H,15,16). The first-order chi connectivity index (χ1) is 9.63. The molecule has 7 heteroatoms. The van der Waals surface area contributed by atoms with Gasteiger partial charge in [0.2, 0.25) is 6.79 Å². The number of carbonyl (C=O) groups excluding carboxylic acids is 1. The summed E-state index contributed by atoms with van der Waals surface area (Å²) in [5, 5.41) is 2.94. The average molecular weight is 296 g/mol. The number of nitrogens with one attached hydrogen (secondary N) is 1. The molecule has 1 fully saturated rings. The van der Waals surface area contributed by atoms with Gasteiger partial charge in [0.15, 0.2) is 11.5 Å². The van der Waals surface area contributed by atoms with E-state index in [-0.39, 0.29) is 18.7 Å². The molecule has 0 spiro atoms. The van der Waals surface area contributed by atoms with Crippen molar-refractivity contribution in [2.45, 2.75) is 18.9 Å². The SMILES string of the molecule is Nc1cc2c(cc1C(=O)NC1CCS(=O)CC1)OCO2. The second-order valence-corrected chi connectivity index (χ2v) is 6.58. The molecule has 2 aliphatic heterocycles. The molecule has 2 aliphatic rings. The summed E-state index contributed by atoms with van der Waals surface area (Å²) in [4.78, 5) is 12.3. The lowest BCUT2D eigenvalue weighted by Crippen LogP contribution is -2.39. The zero-order valence-electron chi connectivity index (χ0n) is 10.9. The number of carbonyl (C=O) groups is 1. The number of fused-ring (bicyclic) bond motifs is 1. The smallest absolute Gasteiger partial charge is 0.253 e. The molecule has 0 bridgehead atoms. The predicted octanol–water partition coefficient (Wildman–Crippen LogP) is 0.638. The van der Waals surface area contributed by atoms with E-state index in [0.717, 1.165) is 12.8 Å². The van der Waals surface area contributed by atoms with Crippen molar-refractivity contribution in [2.75, 3.05) is 24.0 Å². The summed E-state index contributed by atoms with van der Waals surface area (Å²) in [6, 6.07) is 3.27. The minimum absolute atomic E-state index is 0.0602. The lowest BCUT2D eigenvalue weighted by Gasteiger charge is -2.22. The van der Waals surface area contributed by atoms with E-state index < -0.39 is 10.8 Å². The summed E-state index contributed by atoms with van der Waals surface area (Å²) in [5.74, 6) is 2.16. The molecule has 1 aromatic carbocycles. The normalized spacial score (nSPS) is 24.4. The molecule has 0 radical (unpaired) electrons. The van der Waals surface area contributed by atoms with Gasteiger partial charge in [-0.25, -0.2) is 0 Å². The first-order valence-electron chi connectivity index (χ1n) is 6.48. The number of ether oxygens (including phenoxy) is 2. The molecule has 1 saturated heterocycles. The Morgan fingerprint density at radius 2 is 1.90 bits per heavy atom. The van der Waals surface area contributed by atoms with Crippen LogP contribution in [0.1, 0.15) is 23.2 Å². The molecule has 0 unspecified atom stereocenters. The Labute approximate surface area is 119 Å². The molecule has 6 nitrogen and oxygen atoms in total. The Morgan fingerprint density at radius 3 is 2.60 bits per heavy atom. The number of hydrogen-bond donors (Lipinski definition) is 2. The van der Waals surface area contributed by atoms with Gasteiger partial charge in [0.1, 0.15) is 0 Å². The Balaban J connectivity index is 1.72. The summed E-state index contributed by atoms with van der Waals surface area (Å²) >= 11 is 0. The molecule has 0 aliphatic carbocycles. The van der Waals surface area contributed by atoms with Gasteiger partial charge in [-0.05, 0) is 18.9 Å². The topological polar surface area (TPSA) is 90.7 Å². The number of benzene rings is 1. The first-order valence-corrected chi connectivity index (χ1v) is 7.97. The van der Waals surface area contributed by atoms with Gasteiger partial charge in [-0.2, -0.15) is 0 Å². The van der Waals surface area contributed by atoms with Gasteiger partial charge in [-0.15, -0.1) is 0 Å². The van der Waals surface area contributed by atoms with Crippen molar-refractivity contribution in [3.8, 4) is 11.5 Å². The highest BCUT2D eigenvalue weighted by Crippen LogP contribution is 2.35. The maximum absolute atomic E-state index is 12.3. The largest absolute Gasteiger partial charge is 0.454 e. The molecule has 0 saturated carbocycles. The zero-order chi connectivity index (χ0) is 14.1. The minimum Gasteiger partial charge on any atom is -0.454 e. The predicted molar refractivity (Wildman–Crippen MR) is 75.3 cm³/mol. The molecule has 1 aromatic rings. The van der Waals surface area contributed by atoms with Gasteiger partial charge < -0.3 is 20.5 Å². The van der Waals surface area contributed by atoms with E-state index in [4.69, 9.17) is 15.2 Å². The maximum atomic E-state index is 12.3. The van der Waals surface area contributed by atoms with Crippen LogP contribution in [0.25, 0.3) is 0 Å². The van der Waals surface area contributed by atoms with Crippen LogP contribution in [0.3, 0.4) is 0 Å². The van der Waals surface area contributed by atoms with Gasteiger partial charge >= 0.3 is 0 Å². The monoisotopic (exact) mass is 296 g/mol. The van der Waals surface area contributed by atoms with Crippen LogP contribution in [0.2, 0.25) is 0 Å². The van der Waals surface area contributed by atoms with E-state index in [1.54, 1.807) is 12.1 Å². The molecular formula is C13H16N2O4S. The fraction of sp³-hybridized carbons (Fsp3) is 0.462. The molecular weight excluding hydrogens is 280 g/mol. The van der Waals surface area contributed by atoms with Gasteiger partial charge in [-0.3, -0.25) is 9.00 Å². The first kappa shape index (κ1) is 13.2. The van der Waals surface area contributed by atoms with Gasteiger partial charge in [0.25, 0.3) is 5.91 Å². The molecule has 2 heterocycles. The Hall–Kier alpha value is -1.76. The molecule has 0 aromatic heterocycles. The van der Waals surface area contributed by atoms with Crippen molar-refractivity contribution in [1.29, 1.82) is 0 Å². The van der Waals surface area contributed by atoms with Crippen molar-refractivity contribution in [3.63, 3.8) is 0 Å². The summed E-state index contributed by atoms with van der Waals surface area (Å²) < 4.78 is 21.8. The highest BCUT2D eigenvalue weighted by Gasteiger charge is 2.23. The van der Waals surface area contributed by atoms with Gasteiger partial charge in [0.05, 0.1) is 5.56 Å². The summed E-state index contributed by atoms with van der Waals surface area (Å²) in [6.07, 6.45) is 1.48. The lowest BCUT2D eigenvalue weighted by atomic mass is 10.1. The summed E-state index contributed by atoms with van der Waals surface area (Å²) in [5.41, 5.74) is 6.63. The van der Waals surface area contributed by atoms with Crippen LogP contribution in [0.4, 0.5) is 5.69 Å². The van der Waals surface area contributed by atoms with Crippen molar-refractivity contribution in [1.82, 2.24) is 5.32 Å². The van der Waals surface area contributed by atoms with Crippen LogP contribution >= 0.6 is 0 Å². The van der Waals surface area contributed by atoms with Crippen LogP contribution in [-0.4, -0.2) is 34.5 Å². The van der Waals surface area contributed by atoms with E-state index in [1.165, 1.54) is 0 Å². The third-order valence-electron chi connectivity index (χ3n) is 3.51. The second kappa shape index (κ2) is 5.32. The van der Waals surface area contributed by atoms with Crippen LogP contribution in [0.15, 0.2) is 12.1 Å². The van der Waals surface area contributed by atoms with Crippen LogP contribution < -0.4 is 20.5 Å². The molecule has 20 heavy (non-hydrogen) atoms. The number of amides is 1. The number of anilines is 1. The number of hydrogen-bond acceptors (Lipinski definition) is 5. The molecule has 3 N–H and O–H groups in total. The molecule has 1 amide bonds. The third-order valence-corrected chi connectivity index (χ3v) is 4.89. The van der Waals surface area contributed by atoms with Crippen molar-refractivity contribution >= 4 is 22.4 Å². The van der Waals surface area contributed by atoms with E-state index >= 15 is 0 Å². The van der Waals surface area contributed by atoms with Gasteiger partial charge in [-0.1, -0.05) is 0 Å². The van der Waals surface area contributed by atoms with Crippen molar-refractivity contribution in [2.24, 2.45) is 0 Å². The Morgan fingerprint density at radius 1 is 1.25 bits per heavy atom. The molecule has 0 atom stereocenters. The lowest BCUT2D eigenvalue weighted by molar-refractivity contribution is 0.0935. The molecule has 108 valence electrons. The highest BCUT2D eigenvalue weighted by atomic mass is 32.2. The van der Waals surface area contributed by atoms with Crippen molar-refractivity contribution in [3.05, 3.63) is 17.7 Å². The van der Waals surface area contributed by atoms with E-state index in [1.807, 2.05) is 0 Å². The van der Waals surface area contributed by atoms with Gasteiger partial charge in [0, 0.05) is 40.1 Å². The van der Waals surface area contributed by atoms with E-state index in [2.05, 4.69) is 5.32 Å². The van der Waals surface area contributed by atoms with Crippen LogP contribution in [0.5, 0.6) is 11.5 Å². The maximum Gasteiger partial charge on any atom is 0.253 e.